The maximum Gasteiger partial charge on any atom is 0.322 e. The number of urea groups is 1. The minimum absolute atomic E-state index is 0.0454. The second-order valence-electron chi connectivity index (χ2n) is 9.29. The van der Waals surface area contributed by atoms with Crippen LogP contribution in [0.2, 0.25) is 0 Å². The van der Waals surface area contributed by atoms with Crippen LogP contribution in [0.1, 0.15) is 10.5 Å². The lowest BCUT2D eigenvalue weighted by Gasteiger charge is -2.22. The third-order valence-corrected chi connectivity index (χ3v) is 5.04. The van der Waals surface area contributed by atoms with E-state index in [-0.39, 0.29) is 11.5 Å². The van der Waals surface area contributed by atoms with E-state index in [0.717, 1.165) is 0 Å². The highest BCUT2D eigenvalue weighted by Crippen LogP contribution is 2.37. The lowest BCUT2D eigenvalue weighted by molar-refractivity contribution is 0.0947. The second kappa shape index (κ2) is 11.8. The first-order chi connectivity index (χ1) is 17.5. The standard InChI is InChI=1S/C21H30B3N9O4/c1-32(8-9-36-3)20(35)27-15-10-14(16(30-29-15)19(34)28-21(22,23)24)26-13-7-5-6-12(17(13)37-4)18-25-11-33(2)31-18/h5-7,10-11H,8-9,22-24H2,1-4H3,(H,28,34)(H2,26,27,29,35). The molecular formula is C21H30B3N9O4. The molecule has 0 saturated carbocycles. The molecule has 0 atom stereocenters. The van der Waals surface area contributed by atoms with Crippen LogP contribution in [0.4, 0.5) is 22.0 Å². The molecule has 2 aromatic heterocycles. The molecule has 0 aliphatic rings. The highest BCUT2D eigenvalue weighted by atomic mass is 16.5. The number of para-hydroxylation sites is 1. The quantitative estimate of drug-likeness (QED) is 0.277. The summed E-state index contributed by atoms with van der Waals surface area (Å²) >= 11 is 0. The lowest BCUT2D eigenvalue weighted by atomic mass is 9.49. The molecule has 1 aromatic carbocycles. The normalized spacial score (nSPS) is 11.0. The zero-order valence-electron chi connectivity index (χ0n) is 22.1. The summed E-state index contributed by atoms with van der Waals surface area (Å²) in [5.74, 6) is 0.677. The topological polar surface area (TPSA) is 148 Å². The number of carbonyl (C=O) groups is 2. The summed E-state index contributed by atoms with van der Waals surface area (Å²) in [5, 5.41) is 20.8. The van der Waals surface area contributed by atoms with E-state index in [4.69, 9.17) is 9.47 Å². The molecule has 192 valence electrons. The van der Waals surface area contributed by atoms with Gasteiger partial charge in [0.25, 0.3) is 5.91 Å². The third-order valence-electron chi connectivity index (χ3n) is 5.04. The van der Waals surface area contributed by atoms with E-state index in [2.05, 4.69) is 36.2 Å². The molecule has 3 aromatic rings. The van der Waals surface area contributed by atoms with Gasteiger partial charge in [-0.1, -0.05) is 6.07 Å². The van der Waals surface area contributed by atoms with Crippen LogP contribution in [-0.2, 0) is 11.8 Å². The smallest absolute Gasteiger partial charge is 0.322 e. The highest BCUT2D eigenvalue weighted by molar-refractivity contribution is 6.60. The average molecular weight is 505 g/mol. The number of rotatable bonds is 10. The summed E-state index contributed by atoms with van der Waals surface area (Å²) in [7, 11) is 12.1. The Balaban J connectivity index is 2.00. The number of aromatic nitrogens is 5. The van der Waals surface area contributed by atoms with Crippen LogP contribution in [0.25, 0.3) is 11.4 Å². The Bertz CT molecular complexity index is 1270. The first kappa shape index (κ1) is 27.5. The third kappa shape index (κ3) is 7.22. The Kier molecular flexibility index (Phi) is 8.76. The van der Waals surface area contributed by atoms with Crippen molar-refractivity contribution < 1.29 is 19.1 Å². The summed E-state index contributed by atoms with van der Waals surface area (Å²) in [6.45, 7) is 0.772. The van der Waals surface area contributed by atoms with Gasteiger partial charge in [0.05, 0.1) is 30.7 Å². The summed E-state index contributed by atoms with van der Waals surface area (Å²) in [6, 6.07) is 6.57. The fraction of sp³-hybridized carbons (Fsp3) is 0.333. The van der Waals surface area contributed by atoms with Gasteiger partial charge in [0, 0.05) is 33.8 Å². The van der Waals surface area contributed by atoms with E-state index >= 15 is 0 Å². The number of amides is 3. The van der Waals surface area contributed by atoms with Crippen molar-refractivity contribution in [1.82, 2.24) is 35.2 Å². The number of methoxy groups -OCH3 is 2. The van der Waals surface area contributed by atoms with Gasteiger partial charge in [-0.25, -0.2) is 9.78 Å². The first-order valence-corrected chi connectivity index (χ1v) is 11.5. The number of nitrogens with zero attached hydrogens (tertiary/aromatic N) is 6. The summed E-state index contributed by atoms with van der Waals surface area (Å²) in [4.78, 5) is 31.4. The van der Waals surface area contributed by atoms with Crippen molar-refractivity contribution in [3.8, 4) is 17.1 Å². The average Bonchev–Trinajstić information content (AvgIpc) is 3.27. The van der Waals surface area contributed by atoms with Crippen molar-refractivity contribution in [2.24, 2.45) is 7.05 Å². The van der Waals surface area contributed by atoms with Crippen LogP contribution in [-0.4, -0.2) is 105 Å². The number of benzene rings is 1. The monoisotopic (exact) mass is 505 g/mol. The van der Waals surface area contributed by atoms with E-state index in [1.165, 1.54) is 18.1 Å². The van der Waals surface area contributed by atoms with Crippen molar-refractivity contribution in [2.45, 2.75) is 5.24 Å². The Morgan fingerprint density at radius 2 is 1.92 bits per heavy atom. The molecule has 3 N–H and O–H groups in total. The number of hydrogen-bond donors (Lipinski definition) is 3. The highest BCUT2D eigenvalue weighted by Gasteiger charge is 2.23. The van der Waals surface area contributed by atoms with Gasteiger partial charge in [-0.2, -0.15) is 5.10 Å². The number of ether oxygens (including phenoxy) is 2. The van der Waals surface area contributed by atoms with E-state index in [0.29, 0.717) is 41.7 Å². The Hall–Kier alpha value is -4.07. The summed E-state index contributed by atoms with van der Waals surface area (Å²) in [5.41, 5.74) is 1.56. The van der Waals surface area contributed by atoms with Gasteiger partial charge in [0.1, 0.15) is 29.9 Å². The summed E-state index contributed by atoms with van der Waals surface area (Å²) < 4.78 is 12.3. The van der Waals surface area contributed by atoms with Crippen molar-refractivity contribution >= 4 is 52.7 Å². The molecule has 0 aliphatic carbocycles. The molecule has 3 amide bonds. The molecule has 0 radical (unpaired) electrons. The minimum Gasteiger partial charge on any atom is -0.494 e. The molecule has 37 heavy (non-hydrogen) atoms. The van der Waals surface area contributed by atoms with E-state index in [1.54, 1.807) is 38.3 Å². The van der Waals surface area contributed by atoms with E-state index in [1.807, 2.05) is 35.7 Å². The number of likely N-dealkylation sites (N-methyl/N-ethyl adjacent to an activating group) is 1. The van der Waals surface area contributed by atoms with Crippen molar-refractivity contribution in [3.05, 3.63) is 36.3 Å². The Labute approximate surface area is 217 Å². The number of hydrogen-bond acceptors (Lipinski definition) is 9. The number of nitrogens with one attached hydrogen (secondary N) is 3. The van der Waals surface area contributed by atoms with E-state index < -0.39 is 17.2 Å². The molecule has 13 nitrogen and oxygen atoms in total. The van der Waals surface area contributed by atoms with Crippen LogP contribution in [0, 0.1) is 0 Å². The number of carbonyl (C=O) groups excluding carboxylic acids is 2. The molecule has 0 aliphatic heterocycles. The van der Waals surface area contributed by atoms with Crippen molar-refractivity contribution in [1.29, 1.82) is 0 Å². The SMILES string of the molecule is BC(B)(B)NC(=O)c1nnc(NC(=O)N(C)CCOC)cc1Nc1cccc(-c2ncn(C)n2)c1OC. The first-order valence-electron chi connectivity index (χ1n) is 11.5. The van der Waals surface area contributed by atoms with Crippen LogP contribution in [0.3, 0.4) is 0 Å². The van der Waals surface area contributed by atoms with Gasteiger partial charge in [0.15, 0.2) is 23.1 Å². The molecule has 16 heteroatoms. The van der Waals surface area contributed by atoms with Gasteiger partial charge < -0.3 is 25.0 Å². The second-order valence-corrected chi connectivity index (χ2v) is 9.29. The molecule has 0 spiro atoms. The molecule has 0 saturated heterocycles. The van der Waals surface area contributed by atoms with Gasteiger partial charge in [-0.05, 0) is 17.4 Å². The van der Waals surface area contributed by atoms with Crippen LogP contribution in [0.5, 0.6) is 5.75 Å². The van der Waals surface area contributed by atoms with E-state index in [9.17, 15) is 9.59 Å². The lowest BCUT2D eigenvalue weighted by Crippen LogP contribution is -2.50. The minimum atomic E-state index is -0.505. The van der Waals surface area contributed by atoms with Gasteiger partial charge in [-0.3, -0.25) is 14.8 Å². The molecule has 0 fully saturated rings. The zero-order valence-corrected chi connectivity index (χ0v) is 22.1. The Morgan fingerprint density at radius 1 is 1.16 bits per heavy atom. The van der Waals surface area contributed by atoms with Crippen LogP contribution >= 0.6 is 0 Å². The van der Waals surface area contributed by atoms with Crippen LogP contribution in [0.15, 0.2) is 30.6 Å². The maximum atomic E-state index is 13.1. The summed E-state index contributed by atoms with van der Waals surface area (Å²) in [6.07, 6.45) is 1.59. The van der Waals surface area contributed by atoms with Crippen LogP contribution < -0.4 is 20.7 Å². The van der Waals surface area contributed by atoms with Gasteiger partial charge in [-0.15, -0.1) is 10.2 Å². The molecule has 2 heterocycles. The predicted octanol–water partition coefficient (Wildman–Crippen LogP) is -1.63. The largest absolute Gasteiger partial charge is 0.494 e. The molecule has 0 bridgehead atoms. The number of anilines is 3. The van der Waals surface area contributed by atoms with Crippen molar-refractivity contribution in [2.75, 3.05) is 45.1 Å². The van der Waals surface area contributed by atoms with Gasteiger partial charge in [0.2, 0.25) is 0 Å². The fourth-order valence-corrected chi connectivity index (χ4v) is 3.29. The molecule has 0 unspecified atom stereocenters. The number of aryl methyl sites for hydroxylation is 1. The predicted molar refractivity (Wildman–Crippen MR) is 148 cm³/mol. The zero-order chi connectivity index (χ0) is 27.2. The molecular weight excluding hydrogens is 475 g/mol. The van der Waals surface area contributed by atoms with Crippen molar-refractivity contribution in [3.63, 3.8) is 0 Å². The Morgan fingerprint density at radius 3 is 2.54 bits per heavy atom. The maximum absolute atomic E-state index is 13.1. The van der Waals surface area contributed by atoms with Gasteiger partial charge >= 0.3 is 6.03 Å². The fourth-order valence-electron chi connectivity index (χ4n) is 3.29. The molecule has 3 rings (SSSR count).